The minimum absolute atomic E-state index is 0.0151. The molecule has 0 spiro atoms. The van der Waals surface area contributed by atoms with Crippen LogP contribution in [-0.4, -0.2) is 11.5 Å². The van der Waals surface area contributed by atoms with Gasteiger partial charge in [-0.15, -0.1) is 0 Å². The highest BCUT2D eigenvalue weighted by Crippen LogP contribution is 2.19. The van der Waals surface area contributed by atoms with Gasteiger partial charge in [0.15, 0.2) is 0 Å². The minimum Gasteiger partial charge on any atom is -0.488 e. The van der Waals surface area contributed by atoms with Gasteiger partial charge in [0, 0.05) is 5.69 Å². The fraction of sp³-hybridized carbons (Fsp3) is 0.350. The van der Waals surface area contributed by atoms with Crippen molar-refractivity contribution in [3.63, 3.8) is 0 Å². The Morgan fingerprint density at radius 3 is 2.04 bits per heavy atom. The number of rotatable bonds is 5. The number of aryl methyl sites for hydroxylation is 1. The monoisotopic (exact) mass is 311 g/mol. The minimum atomic E-state index is -0.219. The van der Waals surface area contributed by atoms with Gasteiger partial charge in [0.05, 0.1) is 6.42 Å². The Balaban J connectivity index is 1.91. The molecule has 0 aliphatic rings. The zero-order valence-electron chi connectivity index (χ0n) is 14.3. The summed E-state index contributed by atoms with van der Waals surface area (Å²) in [6.07, 6.45) is 1.35. The molecule has 2 rings (SSSR count). The van der Waals surface area contributed by atoms with Crippen molar-refractivity contribution in [1.29, 1.82) is 0 Å². The topological polar surface area (TPSA) is 38.3 Å². The molecular weight excluding hydrogens is 286 g/mol. The number of ether oxygens (including phenoxy) is 1. The molecule has 0 aliphatic heterocycles. The molecule has 1 N–H and O–H groups in total. The maximum absolute atomic E-state index is 12.1. The van der Waals surface area contributed by atoms with E-state index in [4.69, 9.17) is 4.74 Å². The predicted molar refractivity (Wildman–Crippen MR) is 95.0 cm³/mol. The smallest absolute Gasteiger partial charge is 0.228 e. The summed E-state index contributed by atoms with van der Waals surface area (Å²) in [5.41, 5.74) is 2.84. The maximum atomic E-state index is 12.1. The molecule has 0 aromatic heterocycles. The Kier molecular flexibility index (Phi) is 5.43. The molecule has 0 bridgehead atoms. The third kappa shape index (κ3) is 5.78. The number of hydrogen-bond acceptors (Lipinski definition) is 2. The van der Waals surface area contributed by atoms with E-state index in [1.807, 2.05) is 69.3 Å². The van der Waals surface area contributed by atoms with E-state index in [9.17, 15) is 4.79 Å². The van der Waals surface area contributed by atoms with Crippen LogP contribution in [0.2, 0.25) is 0 Å². The van der Waals surface area contributed by atoms with Gasteiger partial charge in [-0.25, -0.2) is 0 Å². The summed E-state index contributed by atoms with van der Waals surface area (Å²) in [5.74, 6) is 0.801. The lowest BCUT2D eigenvalue weighted by atomic mass is 10.1. The molecule has 3 heteroatoms. The second-order valence-electron chi connectivity index (χ2n) is 6.63. The van der Waals surface area contributed by atoms with Crippen molar-refractivity contribution in [2.75, 3.05) is 5.32 Å². The number of benzene rings is 2. The Hall–Kier alpha value is -2.29. The summed E-state index contributed by atoms with van der Waals surface area (Å²) >= 11 is 0. The predicted octanol–water partition coefficient (Wildman–Crippen LogP) is 4.61. The van der Waals surface area contributed by atoms with Crippen LogP contribution in [0.5, 0.6) is 5.75 Å². The van der Waals surface area contributed by atoms with Gasteiger partial charge in [-0.1, -0.05) is 31.2 Å². The van der Waals surface area contributed by atoms with Crippen LogP contribution in [0.3, 0.4) is 0 Å². The van der Waals surface area contributed by atoms with E-state index in [1.165, 1.54) is 5.56 Å². The van der Waals surface area contributed by atoms with Gasteiger partial charge in [0.2, 0.25) is 5.91 Å². The molecular formula is C20H25NO2. The van der Waals surface area contributed by atoms with Crippen molar-refractivity contribution in [3.8, 4) is 5.75 Å². The van der Waals surface area contributed by atoms with Crippen LogP contribution in [-0.2, 0) is 17.6 Å². The second kappa shape index (κ2) is 7.32. The molecule has 0 fully saturated rings. The van der Waals surface area contributed by atoms with Crippen molar-refractivity contribution < 1.29 is 9.53 Å². The Morgan fingerprint density at radius 2 is 1.52 bits per heavy atom. The largest absolute Gasteiger partial charge is 0.488 e. The van der Waals surface area contributed by atoms with Crippen LogP contribution in [0.25, 0.3) is 0 Å². The van der Waals surface area contributed by atoms with Gasteiger partial charge in [-0.2, -0.15) is 0 Å². The highest BCUT2D eigenvalue weighted by atomic mass is 16.5. The first-order valence-corrected chi connectivity index (χ1v) is 8.02. The number of anilines is 1. The van der Waals surface area contributed by atoms with Gasteiger partial charge in [0.25, 0.3) is 0 Å². The molecule has 3 nitrogen and oxygen atoms in total. The van der Waals surface area contributed by atoms with Gasteiger partial charge in [0.1, 0.15) is 11.4 Å². The fourth-order valence-corrected chi connectivity index (χ4v) is 2.24. The molecule has 0 saturated carbocycles. The average Bonchev–Trinajstić information content (AvgIpc) is 2.48. The molecule has 2 aromatic rings. The van der Waals surface area contributed by atoms with E-state index in [2.05, 4.69) is 12.2 Å². The number of nitrogens with one attached hydrogen (secondary N) is 1. The Bertz CT molecular complexity index is 637. The third-order valence-corrected chi connectivity index (χ3v) is 3.36. The van der Waals surface area contributed by atoms with Crippen LogP contribution in [0, 0.1) is 0 Å². The SMILES string of the molecule is CCc1ccc(NC(=O)Cc2ccc(OC(C)(C)C)cc2)cc1. The highest BCUT2D eigenvalue weighted by molar-refractivity contribution is 5.92. The van der Waals surface area contributed by atoms with Crippen molar-refractivity contribution in [1.82, 2.24) is 0 Å². The zero-order chi connectivity index (χ0) is 16.9. The zero-order valence-corrected chi connectivity index (χ0v) is 14.3. The highest BCUT2D eigenvalue weighted by Gasteiger charge is 2.11. The quantitative estimate of drug-likeness (QED) is 0.876. The van der Waals surface area contributed by atoms with Crippen molar-refractivity contribution in [2.45, 2.75) is 46.1 Å². The molecule has 0 radical (unpaired) electrons. The summed E-state index contributed by atoms with van der Waals surface area (Å²) in [5, 5.41) is 2.92. The summed E-state index contributed by atoms with van der Waals surface area (Å²) in [4.78, 5) is 12.1. The molecule has 0 heterocycles. The number of hydrogen-bond donors (Lipinski definition) is 1. The maximum Gasteiger partial charge on any atom is 0.228 e. The van der Waals surface area contributed by atoms with Crippen LogP contribution < -0.4 is 10.1 Å². The lowest BCUT2D eigenvalue weighted by Crippen LogP contribution is -2.22. The molecule has 0 atom stereocenters. The van der Waals surface area contributed by atoms with Gasteiger partial charge >= 0.3 is 0 Å². The molecule has 1 amide bonds. The molecule has 0 saturated heterocycles. The van der Waals surface area contributed by atoms with E-state index in [1.54, 1.807) is 0 Å². The van der Waals surface area contributed by atoms with E-state index < -0.39 is 0 Å². The van der Waals surface area contributed by atoms with Crippen LogP contribution in [0.4, 0.5) is 5.69 Å². The van der Waals surface area contributed by atoms with Crippen molar-refractivity contribution >= 4 is 11.6 Å². The summed E-state index contributed by atoms with van der Waals surface area (Å²) in [6.45, 7) is 8.15. The molecule has 122 valence electrons. The summed E-state index contributed by atoms with van der Waals surface area (Å²) in [7, 11) is 0. The summed E-state index contributed by atoms with van der Waals surface area (Å²) in [6, 6.07) is 15.6. The third-order valence-electron chi connectivity index (χ3n) is 3.36. The Labute approximate surface area is 138 Å². The lowest BCUT2D eigenvalue weighted by molar-refractivity contribution is -0.115. The molecule has 0 unspecified atom stereocenters. The Morgan fingerprint density at radius 1 is 0.957 bits per heavy atom. The van der Waals surface area contributed by atoms with Gasteiger partial charge in [-0.05, 0) is 62.6 Å². The van der Waals surface area contributed by atoms with E-state index in [0.717, 1.165) is 23.4 Å². The first-order valence-electron chi connectivity index (χ1n) is 8.02. The molecule has 2 aromatic carbocycles. The lowest BCUT2D eigenvalue weighted by Gasteiger charge is -2.21. The van der Waals surface area contributed by atoms with Crippen LogP contribution in [0.15, 0.2) is 48.5 Å². The average molecular weight is 311 g/mol. The van der Waals surface area contributed by atoms with Crippen LogP contribution in [0.1, 0.15) is 38.8 Å². The van der Waals surface area contributed by atoms with Crippen molar-refractivity contribution in [2.24, 2.45) is 0 Å². The number of amides is 1. The first-order chi connectivity index (χ1) is 10.9. The normalized spacial score (nSPS) is 11.1. The van der Waals surface area contributed by atoms with Crippen LogP contribution >= 0.6 is 0 Å². The first kappa shape index (κ1) is 17.1. The standard InChI is InChI=1S/C20H25NO2/c1-5-15-6-10-17(11-7-15)21-19(22)14-16-8-12-18(13-9-16)23-20(2,3)4/h6-13H,5,14H2,1-4H3,(H,21,22). The van der Waals surface area contributed by atoms with Gasteiger partial charge < -0.3 is 10.1 Å². The molecule has 23 heavy (non-hydrogen) atoms. The van der Waals surface area contributed by atoms with Gasteiger partial charge in [-0.3, -0.25) is 4.79 Å². The van der Waals surface area contributed by atoms with E-state index in [0.29, 0.717) is 6.42 Å². The number of carbonyl (C=O) groups is 1. The van der Waals surface area contributed by atoms with E-state index in [-0.39, 0.29) is 11.5 Å². The van der Waals surface area contributed by atoms with Crippen molar-refractivity contribution in [3.05, 3.63) is 59.7 Å². The fourth-order valence-electron chi connectivity index (χ4n) is 2.24. The number of carbonyl (C=O) groups excluding carboxylic acids is 1. The molecule has 0 aliphatic carbocycles. The summed E-state index contributed by atoms with van der Waals surface area (Å²) < 4.78 is 5.78. The second-order valence-corrected chi connectivity index (χ2v) is 6.63. The van der Waals surface area contributed by atoms with E-state index >= 15 is 0 Å².